The first-order valence-electron chi connectivity index (χ1n) is 9.65. The van der Waals surface area contributed by atoms with Crippen molar-refractivity contribution in [1.29, 1.82) is 0 Å². The zero-order chi connectivity index (χ0) is 20.6. The fourth-order valence-electron chi connectivity index (χ4n) is 3.05. The predicted molar refractivity (Wildman–Crippen MR) is 118 cm³/mol. The number of carbonyl (C=O) groups is 1. The third kappa shape index (κ3) is 5.25. The van der Waals surface area contributed by atoms with Crippen molar-refractivity contribution in [2.75, 3.05) is 35.7 Å². The molecular formula is C23H26N4O2. The number of nitrogens with zero attached hydrogens (tertiary/aromatic N) is 2. The van der Waals surface area contributed by atoms with Crippen LogP contribution in [0.25, 0.3) is 0 Å². The SMILES string of the molecule is CCN(CC)c1ccc(Nc2cncc(C(=O)Nc3cccc(OC)c3)c2)cc1. The summed E-state index contributed by atoms with van der Waals surface area (Å²) in [5.41, 5.74) is 4.01. The molecule has 2 N–H and O–H groups in total. The van der Waals surface area contributed by atoms with Crippen LogP contribution in [0.3, 0.4) is 0 Å². The first-order valence-corrected chi connectivity index (χ1v) is 9.65. The second-order valence-corrected chi connectivity index (χ2v) is 6.49. The van der Waals surface area contributed by atoms with E-state index in [1.54, 1.807) is 31.6 Å². The van der Waals surface area contributed by atoms with Gasteiger partial charge >= 0.3 is 0 Å². The van der Waals surface area contributed by atoms with Crippen molar-refractivity contribution in [3.8, 4) is 5.75 Å². The summed E-state index contributed by atoms with van der Waals surface area (Å²) in [4.78, 5) is 19.1. The first-order chi connectivity index (χ1) is 14.1. The smallest absolute Gasteiger partial charge is 0.257 e. The molecule has 0 saturated carbocycles. The van der Waals surface area contributed by atoms with Crippen LogP contribution in [-0.2, 0) is 0 Å². The van der Waals surface area contributed by atoms with Crippen molar-refractivity contribution in [3.63, 3.8) is 0 Å². The van der Waals surface area contributed by atoms with E-state index in [9.17, 15) is 4.79 Å². The highest BCUT2D eigenvalue weighted by molar-refractivity contribution is 6.04. The summed E-state index contributed by atoms with van der Waals surface area (Å²) in [7, 11) is 1.59. The van der Waals surface area contributed by atoms with Crippen LogP contribution in [0.1, 0.15) is 24.2 Å². The van der Waals surface area contributed by atoms with Crippen molar-refractivity contribution < 1.29 is 9.53 Å². The number of carbonyl (C=O) groups excluding carboxylic acids is 1. The van der Waals surface area contributed by atoms with Gasteiger partial charge in [-0.3, -0.25) is 9.78 Å². The van der Waals surface area contributed by atoms with Crippen molar-refractivity contribution in [2.45, 2.75) is 13.8 Å². The highest BCUT2D eigenvalue weighted by Crippen LogP contribution is 2.22. The van der Waals surface area contributed by atoms with E-state index >= 15 is 0 Å². The molecule has 150 valence electrons. The van der Waals surface area contributed by atoms with Crippen molar-refractivity contribution in [2.24, 2.45) is 0 Å². The minimum atomic E-state index is -0.230. The molecule has 3 aromatic rings. The Morgan fingerprint density at radius 1 is 0.966 bits per heavy atom. The van der Waals surface area contributed by atoms with Gasteiger partial charge in [0.2, 0.25) is 0 Å². The molecule has 6 heteroatoms. The molecule has 0 atom stereocenters. The third-order valence-electron chi connectivity index (χ3n) is 4.61. The number of nitrogens with one attached hydrogen (secondary N) is 2. The molecule has 0 aliphatic carbocycles. The van der Waals surface area contributed by atoms with Gasteiger partial charge in [-0.15, -0.1) is 0 Å². The molecule has 29 heavy (non-hydrogen) atoms. The Kier molecular flexibility index (Phi) is 6.68. The topological polar surface area (TPSA) is 66.5 Å². The van der Waals surface area contributed by atoms with E-state index < -0.39 is 0 Å². The fourth-order valence-corrected chi connectivity index (χ4v) is 3.05. The van der Waals surface area contributed by atoms with Gasteiger partial charge in [0.25, 0.3) is 5.91 Å². The van der Waals surface area contributed by atoms with Crippen LogP contribution in [0.5, 0.6) is 5.75 Å². The zero-order valence-electron chi connectivity index (χ0n) is 17.0. The van der Waals surface area contributed by atoms with Crippen LogP contribution in [0.4, 0.5) is 22.7 Å². The third-order valence-corrected chi connectivity index (χ3v) is 4.61. The molecule has 1 aromatic heterocycles. The lowest BCUT2D eigenvalue weighted by Gasteiger charge is -2.21. The van der Waals surface area contributed by atoms with Gasteiger partial charge in [0.1, 0.15) is 5.75 Å². The summed E-state index contributed by atoms with van der Waals surface area (Å²) in [6, 6.07) is 17.2. The Morgan fingerprint density at radius 3 is 2.41 bits per heavy atom. The van der Waals surface area contributed by atoms with Crippen LogP contribution in [0.2, 0.25) is 0 Å². The lowest BCUT2D eigenvalue weighted by atomic mass is 10.2. The van der Waals surface area contributed by atoms with Gasteiger partial charge in [0, 0.05) is 42.4 Å². The number of aromatic nitrogens is 1. The number of hydrogen-bond donors (Lipinski definition) is 2. The number of benzene rings is 2. The minimum absolute atomic E-state index is 0.230. The maximum Gasteiger partial charge on any atom is 0.257 e. The van der Waals surface area contributed by atoms with Gasteiger partial charge in [0.05, 0.1) is 24.6 Å². The Hall–Kier alpha value is -3.54. The molecule has 6 nitrogen and oxygen atoms in total. The minimum Gasteiger partial charge on any atom is -0.497 e. The maximum absolute atomic E-state index is 12.6. The summed E-state index contributed by atoms with van der Waals surface area (Å²) < 4.78 is 5.19. The van der Waals surface area contributed by atoms with Crippen LogP contribution >= 0.6 is 0 Å². The number of rotatable bonds is 8. The van der Waals surface area contributed by atoms with E-state index in [0.29, 0.717) is 17.0 Å². The maximum atomic E-state index is 12.6. The summed E-state index contributed by atoms with van der Waals surface area (Å²) >= 11 is 0. The molecule has 3 rings (SSSR count). The number of pyridine rings is 1. The molecule has 0 spiro atoms. The average Bonchev–Trinajstić information content (AvgIpc) is 2.76. The monoisotopic (exact) mass is 390 g/mol. The molecule has 0 bridgehead atoms. The molecule has 1 heterocycles. The zero-order valence-corrected chi connectivity index (χ0v) is 17.0. The van der Waals surface area contributed by atoms with Gasteiger partial charge in [-0.1, -0.05) is 6.07 Å². The summed E-state index contributed by atoms with van der Waals surface area (Å²) in [5, 5.41) is 6.17. The van der Waals surface area contributed by atoms with Gasteiger partial charge in [-0.2, -0.15) is 0 Å². The Balaban J connectivity index is 1.69. The van der Waals surface area contributed by atoms with E-state index in [1.165, 1.54) is 5.69 Å². The van der Waals surface area contributed by atoms with Crippen molar-refractivity contribution in [1.82, 2.24) is 4.98 Å². The van der Waals surface area contributed by atoms with Crippen LogP contribution in [-0.4, -0.2) is 31.1 Å². The fraction of sp³-hybridized carbons (Fsp3) is 0.217. The van der Waals surface area contributed by atoms with E-state index in [0.717, 1.165) is 24.5 Å². The van der Waals surface area contributed by atoms with Crippen molar-refractivity contribution in [3.05, 3.63) is 72.6 Å². The molecular weight excluding hydrogens is 364 g/mol. The molecule has 0 fully saturated rings. The first kappa shape index (κ1) is 20.2. The van der Waals surface area contributed by atoms with Crippen LogP contribution in [0.15, 0.2) is 67.0 Å². The summed E-state index contributed by atoms with van der Waals surface area (Å²) in [6.07, 6.45) is 3.24. The Morgan fingerprint density at radius 2 is 1.72 bits per heavy atom. The Bertz CT molecular complexity index is 953. The standard InChI is InChI=1S/C23H26N4O2/c1-4-27(5-2)21-11-9-18(10-12-21)25-20-13-17(15-24-16-20)23(28)26-19-7-6-8-22(14-19)29-3/h6-16,25H,4-5H2,1-3H3,(H,26,28). The number of methoxy groups -OCH3 is 1. The van der Waals surface area contributed by atoms with E-state index in [2.05, 4.69) is 46.5 Å². The second kappa shape index (κ2) is 9.59. The second-order valence-electron chi connectivity index (χ2n) is 6.49. The summed E-state index contributed by atoms with van der Waals surface area (Å²) in [5.74, 6) is 0.454. The molecule has 0 aliphatic heterocycles. The van der Waals surface area contributed by atoms with E-state index in [-0.39, 0.29) is 5.91 Å². The molecule has 0 radical (unpaired) electrons. The normalized spacial score (nSPS) is 10.3. The van der Waals surface area contributed by atoms with Crippen LogP contribution in [0, 0.1) is 0 Å². The highest BCUT2D eigenvalue weighted by Gasteiger charge is 2.09. The number of amides is 1. The number of anilines is 4. The molecule has 0 saturated heterocycles. The number of ether oxygens (including phenoxy) is 1. The van der Waals surface area contributed by atoms with E-state index in [1.807, 2.05) is 30.3 Å². The predicted octanol–water partition coefficient (Wildman–Crippen LogP) is 4.93. The van der Waals surface area contributed by atoms with Gasteiger partial charge < -0.3 is 20.3 Å². The van der Waals surface area contributed by atoms with Crippen LogP contribution < -0.4 is 20.3 Å². The lowest BCUT2D eigenvalue weighted by molar-refractivity contribution is 0.102. The van der Waals surface area contributed by atoms with E-state index in [4.69, 9.17) is 4.74 Å². The largest absolute Gasteiger partial charge is 0.497 e. The van der Waals surface area contributed by atoms with Gasteiger partial charge in [0.15, 0.2) is 0 Å². The summed E-state index contributed by atoms with van der Waals surface area (Å²) in [6.45, 7) is 6.22. The molecule has 2 aromatic carbocycles. The highest BCUT2D eigenvalue weighted by atomic mass is 16.5. The van der Waals surface area contributed by atoms with Gasteiger partial charge in [-0.05, 0) is 56.3 Å². The lowest BCUT2D eigenvalue weighted by Crippen LogP contribution is -2.21. The Labute approximate surface area is 171 Å². The average molecular weight is 390 g/mol. The molecule has 0 unspecified atom stereocenters. The quantitative estimate of drug-likeness (QED) is 0.571. The molecule has 1 amide bonds. The molecule has 0 aliphatic rings. The van der Waals surface area contributed by atoms with Crippen molar-refractivity contribution >= 4 is 28.7 Å². The van der Waals surface area contributed by atoms with Gasteiger partial charge in [-0.25, -0.2) is 0 Å². The number of hydrogen-bond acceptors (Lipinski definition) is 5.